The normalized spacial score (nSPS) is 11.2. The van der Waals surface area contributed by atoms with E-state index in [-0.39, 0.29) is 11.6 Å². The monoisotopic (exact) mass is 372 g/mol. The Balaban J connectivity index is 2.18. The van der Waals surface area contributed by atoms with E-state index in [0.717, 1.165) is 4.47 Å². The van der Waals surface area contributed by atoms with E-state index in [1.54, 1.807) is 36.0 Å². The van der Waals surface area contributed by atoms with Crippen molar-refractivity contribution in [1.29, 1.82) is 0 Å². The molecule has 1 heterocycles. The van der Waals surface area contributed by atoms with Gasteiger partial charge in [-0.2, -0.15) is 8.42 Å². The van der Waals surface area contributed by atoms with Gasteiger partial charge in [-0.3, -0.25) is 9.52 Å². The van der Waals surface area contributed by atoms with E-state index in [9.17, 15) is 13.2 Å². The van der Waals surface area contributed by atoms with Gasteiger partial charge in [-0.25, -0.2) is 5.14 Å². The molecule has 2 aromatic rings. The second-order valence-electron chi connectivity index (χ2n) is 4.34. The highest BCUT2D eigenvalue weighted by Gasteiger charge is 2.12. The van der Waals surface area contributed by atoms with Crippen molar-refractivity contribution in [2.24, 2.45) is 12.2 Å². The summed E-state index contributed by atoms with van der Waals surface area (Å²) in [6.07, 6.45) is 1.76. The molecule has 0 unspecified atom stereocenters. The lowest BCUT2D eigenvalue weighted by Crippen LogP contribution is -2.21. The van der Waals surface area contributed by atoms with Gasteiger partial charge in [-0.05, 0) is 40.2 Å². The summed E-state index contributed by atoms with van der Waals surface area (Å²) in [5, 5.41) is 7.58. The van der Waals surface area contributed by atoms with Crippen LogP contribution in [0.25, 0.3) is 0 Å². The van der Waals surface area contributed by atoms with Crippen molar-refractivity contribution in [1.82, 2.24) is 4.57 Å². The number of aromatic nitrogens is 1. The van der Waals surface area contributed by atoms with E-state index < -0.39 is 10.2 Å². The number of benzene rings is 1. The van der Waals surface area contributed by atoms with Crippen LogP contribution in [0.5, 0.6) is 0 Å². The summed E-state index contributed by atoms with van der Waals surface area (Å²) in [5.74, 6) is -0.309. The van der Waals surface area contributed by atoms with Gasteiger partial charge in [0, 0.05) is 23.4 Å². The minimum atomic E-state index is -3.85. The van der Waals surface area contributed by atoms with Crippen LogP contribution in [0.15, 0.2) is 41.0 Å². The first kappa shape index (κ1) is 15.5. The van der Waals surface area contributed by atoms with Crippen LogP contribution < -0.4 is 15.2 Å². The molecule has 0 spiro atoms. The average Bonchev–Trinajstić information content (AvgIpc) is 2.66. The van der Waals surface area contributed by atoms with Crippen molar-refractivity contribution in [3.8, 4) is 0 Å². The van der Waals surface area contributed by atoms with Crippen LogP contribution in [0.4, 0.5) is 11.4 Å². The Hall–Kier alpha value is -1.84. The van der Waals surface area contributed by atoms with Crippen LogP contribution in [0, 0.1) is 0 Å². The fourth-order valence-electron chi connectivity index (χ4n) is 1.77. The van der Waals surface area contributed by atoms with Crippen LogP contribution in [0.1, 0.15) is 10.5 Å². The SMILES string of the molecule is Cn1cc(Br)cc1C(=O)Nc1cccc(NS(N)(=O)=O)c1. The topological polar surface area (TPSA) is 106 Å². The highest BCUT2D eigenvalue weighted by molar-refractivity contribution is 9.10. The highest BCUT2D eigenvalue weighted by Crippen LogP contribution is 2.18. The molecular formula is C12H13BrN4O3S. The minimum Gasteiger partial charge on any atom is -0.345 e. The number of carbonyl (C=O) groups is 1. The number of halogens is 1. The van der Waals surface area contributed by atoms with Gasteiger partial charge in [0.1, 0.15) is 5.69 Å². The Bertz CT molecular complexity index is 786. The highest BCUT2D eigenvalue weighted by atomic mass is 79.9. The molecule has 0 saturated heterocycles. The van der Waals surface area contributed by atoms with E-state index in [4.69, 9.17) is 5.14 Å². The van der Waals surface area contributed by atoms with E-state index in [2.05, 4.69) is 26.0 Å². The number of nitrogens with one attached hydrogen (secondary N) is 2. The Labute approximate surface area is 130 Å². The molecule has 1 aromatic carbocycles. The van der Waals surface area contributed by atoms with E-state index >= 15 is 0 Å². The van der Waals surface area contributed by atoms with Gasteiger partial charge in [0.25, 0.3) is 16.1 Å². The number of anilines is 2. The number of aryl methyl sites for hydroxylation is 1. The third kappa shape index (κ3) is 4.31. The first-order valence-electron chi connectivity index (χ1n) is 5.78. The fourth-order valence-corrected chi connectivity index (χ4v) is 2.75. The van der Waals surface area contributed by atoms with Gasteiger partial charge < -0.3 is 9.88 Å². The summed E-state index contributed by atoms with van der Waals surface area (Å²) < 4.78 is 26.5. The zero-order chi connectivity index (χ0) is 15.6. The predicted octanol–water partition coefficient (Wildman–Crippen LogP) is 1.66. The average molecular weight is 373 g/mol. The molecule has 0 saturated carbocycles. The van der Waals surface area contributed by atoms with Crippen molar-refractivity contribution >= 4 is 43.4 Å². The first-order valence-corrected chi connectivity index (χ1v) is 8.12. The summed E-state index contributed by atoms with van der Waals surface area (Å²) >= 11 is 3.29. The lowest BCUT2D eigenvalue weighted by molar-refractivity contribution is 0.101. The first-order chi connectivity index (χ1) is 9.74. The standard InChI is InChI=1S/C12H13BrN4O3S/c1-17-7-8(13)5-11(17)12(18)15-9-3-2-4-10(6-9)16-21(14,19)20/h2-7,16H,1H3,(H,15,18)(H2,14,19,20). The van der Waals surface area contributed by atoms with Crippen LogP contribution in [0.2, 0.25) is 0 Å². The molecule has 7 nitrogen and oxygen atoms in total. The Kier molecular flexibility index (Phi) is 4.35. The third-order valence-electron chi connectivity index (χ3n) is 2.58. The van der Waals surface area contributed by atoms with Gasteiger partial charge in [0.15, 0.2) is 0 Å². The molecule has 0 aliphatic carbocycles. The van der Waals surface area contributed by atoms with Crippen molar-refractivity contribution in [3.63, 3.8) is 0 Å². The number of hydrogen-bond donors (Lipinski definition) is 3. The lowest BCUT2D eigenvalue weighted by Gasteiger charge is -2.08. The van der Waals surface area contributed by atoms with Crippen LogP contribution >= 0.6 is 15.9 Å². The van der Waals surface area contributed by atoms with Crippen LogP contribution in [-0.2, 0) is 17.3 Å². The van der Waals surface area contributed by atoms with E-state index in [1.165, 1.54) is 12.1 Å². The number of nitrogens with two attached hydrogens (primary N) is 1. The predicted molar refractivity (Wildman–Crippen MR) is 84.2 cm³/mol. The van der Waals surface area contributed by atoms with Crippen molar-refractivity contribution in [3.05, 3.63) is 46.7 Å². The van der Waals surface area contributed by atoms with Gasteiger partial charge in [-0.1, -0.05) is 6.07 Å². The summed E-state index contributed by atoms with van der Waals surface area (Å²) in [5.41, 5.74) is 1.18. The maximum atomic E-state index is 12.1. The number of amides is 1. The largest absolute Gasteiger partial charge is 0.345 e. The molecule has 0 bridgehead atoms. The summed E-state index contributed by atoms with van der Waals surface area (Å²) in [6.45, 7) is 0. The molecule has 0 radical (unpaired) electrons. The maximum absolute atomic E-state index is 12.1. The summed E-state index contributed by atoms with van der Waals surface area (Å²) in [6, 6.07) is 7.93. The molecule has 9 heteroatoms. The zero-order valence-corrected chi connectivity index (χ0v) is 13.4. The Morgan fingerprint density at radius 2 is 1.95 bits per heavy atom. The molecule has 0 aliphatic rings. The van der Waals surface area contributed by atoms with Crippen molar-refractivity contribution < 1.29 is 13.2 Å². The fraction of sp³-hybridized carbons (Fsp3) is 0.0833. The number of carbonyl (C=O) groups excluding carboxylic acids is 1. The Morgan fingerprint density at radius 1 is 1.29 bits per heavy atom. The van der Waals surface area contributed by atoms with Gasteiger partial charge in [0.2, 0.25) is 0 Å². The second kappa shape index (κ2) is 5.88. The summed E-state index contributed by atoms with van der Waals surface area (Å²) in [4.78, 5) is 12.1. The molecule has 0 aliphatic heterocycles. The number of rotatable bonds is 4. The molecule has 0 atom stereocenters. The molecule has 1 aromatic heterocycles. The number of nitrogens with zero attached hydrogens (tertiary/aromatic N) is 1. The van der Waals surface area contributed by atoms with Gasteiger partial charge >= 0.3 is 0 Å². The smallest absolute Gasteiger partial charge is 0.296 e. The third-order valence-corrected chi connectivity index (χ3v) is 3.54. The van der Waals surface area contributed by atoms with Crippen molar-refractivity contribution in [2.45, 2.75) is 0 Å². The quantitative estimate of drug-likeness (QED) is 0.759. The lowest BCUT2D eigenvalue weighted by atomic mass is 10.2. The molecule has 0 fully saturated rings. The molecule has 2 rings (SSSR count). The van der Waals surface area contributed by atoms with Crippen LogP contribution in [0.3, 0.4) is 0 Å². The molecule has 1 amide bonds. The molecular weight excluding hydrogens is 360 g/mol. The van der Waals surface area contributed by atoms with Gasteiger partial charge in [0.05, 0.1) is 5.69 Å². The summed E-state index contributed by atoms with van der Waals surface area (Å²) in [7, 11) is -2.10. The molecule has 4 N–H and O–H groups in total. The van der Waals surface area contributed by atoms with Gasteiger partial charge in [-0.15, -0.1) is 0 Å². The minimum absolute atomic E-state index is 0.267. The molecule has 21 heavy (non-hydrogen) atoms. The Morgan fingerprint density at radius 3 is 2.52 bits per heavy atom. The van der Waals surface area contributed by atoms with E-state index in [0.29, 0.717) is 11.4 Å². The maximum Gasteiger partial charge on any atom is 0.296 e. The van der Waals surface area contributed by atoms with E-state index in [1.807, 2.05) is 0 Å². The second-order valence-corrected chi connectivity index (χ2v) is 6.55. The number of hydrogen-bond acceptors (Lipinski definition) is 3. The van der Waals surface area contributed by atoms with Crippen LogP contribution in [-0.4, -0.2) is 18.9 Å². The zero-order valence-electron chi connectivity index (χ0n) is 11.0. The molecule has 112 valence electrons. The van der Waals surface area contributed by atoms with Crippen molar-refractivity contribution in [2.75, 3.05) is 10.0 Å².